The summed E-state index contributed by atoms with van der Waals surface area (Å²) >= 11 is 1.38. The van der Waals surface area contributed by atoms with E-state index < -0.39 is 0 Å². The van der Waals surface area contributed by atoms with Gasteiger partial charge in [0.1, 0.15) is 5.75 Å². The molecule has 0 saturated heterocycles. The molecule has 0 radical (unpaired) electrons. The molecular weight excluding hydrogens is 364 g/mol. The second-order valence-corrected chi connectivity index (χ2v) is 6.66. The van der Waals surface area contributed by atoms with E-state index in [4.69, 9.17) is 10.6 Å². The lowest BCUT2D eigenvalue weighted by Gasteiger charge is -2.09. The van der Waals surface area contributed by atoms with Gasteiger partial charge < -0.3 is 15.9 Å². The lowest BCUT2D eigenvalue weighted by molar-refractivity contribution is -0.120. The number of hydrogen-bond acceptors (Lipinski definition) is 7. The number of nitrogens with zero attached hydrogens (tertiary/aromatic N) is 4. The van der Waals surface area contributed by atoms with Crippen molar-refractivity contribution in [2.45, 2.75) is 18.1 Å². The van der Waals surface area contributed by atoms with Crippen molar-refractivity contribution in [2.75, 3.05) is 18.7 Å². The summed E-state index contributed by atoms with van der Waals surface area (Å²) in [5, 5.41) is 11.6. The van der Waals surface area contributed by atoms with Crippen LogP contribution in [0, 0.1) is 0 Å². The van der Waals surface area contributed by atoms with Gasteiger partial charge >= 0.3 is 0 Å². The zero-order chi connectivity index (χ0) is 19.1. The highest BCUT2D eigenvalue weighted by molar-refractivity contribution is 7.99. The first-order valence-corrected chi connectivity index (χ1v) is 9.30. The Bertz CT molecular complexity index is 900. The van der Waals surface area contributed by atoms with E-state index in [1.165, 1.54) is 16.4 Å². The molecule has 0 aliphatic heterocycles. The van der Waals surface area contributed by atoms with Crippen molar-refractivity contribution in [2.24, 2.45) is 0 Å². The number of aromatic nitrogens is 4. The van der Waals surface area contributed by atoms with Crippen LogP contribution in [0.1, 0.15) is 12.0 Å². The molecule has 8 nitrogen and oxygen atoms in total. The van der Waals surface area contributed by atoms with Crippen LogP contribution in [-0.2, 0) is 11.3 Å². The smallest absolute Gasteiger partial charge is 0.221 e. The molecule has 140 valence electrons. The minimum Gasteiger partial charge on any atom is -0.496 e. The summed E-state index contributed by atoms with van der Waals surface area (Å²) in [6.45, 7) is 0.423. The molecule has 1 aromatic carbocycles. The van der Waals surface area contributed by atoms with Gasteiger partial charge in [0.15, 0.2) is 5.82 Å². The number of nitrogen functional groups attached to an aromatic ring is 1. The predicted molar refractivity (Wildman–Crippen MR) is 104 cm³/mol. The SMILES string of the molecule is COc1ccccc1CNC(=O)CCSc1nnc(-c2ccncc2)n1N. The number of nitrogens with one attached hydrogen (secondary N) is 1. The Labute approximate surface area is 161 Å². The minimum absolute atomic E-state index is 0.0501. The van der Waals surface area contributed by atoms with Gasteiger partial charge in [-0.05, 0) is 18.2 Å². The number of methoxy groups -OCH3 is 1. The fraction of sp³-hybridized carbons (Fsp3) is 0.222. The molecule has 1 amide bonds. The van der Waals surface area contributed by atoms with E-state index in [0.29, 0.717) is 29.7 Å². The summed E-state index contributed by atoms with van der Waals surface area (Å²) in [6, 6.07) is 11.2. The normalized spacial score (nSPS) is 10.6. The van der Waals surface area contributed by atoms with Crippen LogP contribution in [0.3, 0.4) is 0 Å². The second kappa shape index (κ2) is 9.04. The number of rotatable bonds is 8. The van der Waals surface area contributed by atoms with Gasteiger partial charge in [0.2, 0.25) is 11.1 Å². The van der Waals surface area contributed by atoms with Crippen LogP contribution in [-0.4, -0.2) is 38.6 Å². The van der Waals surface area contributed by atoms with Crippen LogP contribution in [0.25, 0.3) is 11.4 Å². The Hall–Kier alpha value is -3.07. The van der Waals surface area contributed by atoms with Crippen LogP contribution in [0.4, 0.5) is 0 Å². The Morgan fingerprint density at radius 1 is 1.22 bits per heavy atom. The van der Waals surface area contributed by atoms with Crippen molar-refractivity contribution in [3.8, 4) is 17.1 Å². The summed E-state index contributed by atoms with van der Waals surface area (Å²) in [4.78, 5) is 16.0. The Morgan fingerprint density at radius 3 is 2.78 bits per heavy atom. The zero-order valence-electron chi connectivity index (χ0n) is 14.8. The lowest BCUT2D eigenvalue weighted by atomic mass is 10.2. The molecule has 0 atom stereocenters. The van der Waals surface area contributed by atoms with Gasteiger partial charge in [-0.15, -0.1) is 10.2 Å². The molecule has 0 fully saturated rings. The molecule has 0 unspecified atom stereocenters. The van der Waals surface area contributed by atoms with Gasteiger partial charge in [-0.25, -0.2) is 4.68 Å². The van der Waals surface area contributed by atoms with Gasteiger partial charge in [-0.2, -0.15) is 0 Å². The fourth-order valence-corrected chi connectivity index (χ4v) is 3.23. The first kappa shape index (κ1) is 18.7. The highest BCUT2D eigenvalue weighted by Crippen LogP contribution is 2.21. The number of hydrogen-bond donors (Lipinski definition) is 2. The van der Waals surface area contributed by atoms with Gasteiger partial charge in [-0.3, -0.25) is 9.78 Å². The van der Waals surface area contributed by atoms with Gasteiger partial charge in [0.05, 0.1) is 7.11 Å². The summed E-state index contributed by atoms with van der Waals surface area (Å²) in [5.74, 6) is 7.86. The van der Waals surface area contributed by atoms with E-state index in [1.807, 2.05) is 36.4 Å². The molecule has 2 heterocycles. The molecule has 3 rings (SSSR count). The summed E-state index contributed by atoms with van der Waals surface area (Å²) in [7, 11) is 1.61. The average Bonchev–Trinajstić information content (AvgIpc) is 3.07. The minimum atomic E-state index is -0.0501. The first-order valence-electron chi connectivity index (χ1n) is 8.31. The summed E-state index contributed by atoms with van der Waals surface area (Å²) in [5.41, 5.74) is 1.77. The van der Waals surface area contributed by atoms with Crippen molar-refractivity contribution < 1.29 is 9.53 Å². The van der Waals surface area contributed by atoms with E-state index in [1.54, 1.807) is 19.5 Å². The third-order valence-corrected chi connectivity index (χ3v) is 4.78. The lowest BCUT2D eigenvalue weighted by Crippen LogP contribution is -2.23. The molecule has 0 spiro atoms. The topological polar surface area (TPSA) is 108 Å². The number of thioether (sulfide) groups is 1. The van der Waals surface area contributed by atoms with E-state index in [-0.39, 0.29) is 5.91 Å². The van der Waals surface area contributed by atoms with Crippen LogP contribution < -0.4 is 15.9 Å². The number of benzene rings is 1. The third kappa shape index (κ3) is 4.76. The quantitative estimate of drug-likeness (QED) is 0.451. The van der Waals surface area contributed by atoms with Crippen LogP contribution in [0.2, 0.25) is 0 Å². The number of nitrogens with two attached hydrogens (primary N) is 1. The van der Waals surface area contributed by atoms with Crippen LogP contribution in [0.5, 0.6) is 5.75 Å². The monoisotopic (exact) mass is 384 g/mol. The van der Waals surface area contributed by atoms with Gasteiger partial charge in [0, 0.05) is 42.2 Å². The maximum atomic E-state index is 12.1. The molecule has 27 heavy (non-hydrogen) atoms. The molecule has 0 bridgehead atoms. The molecule has 0 aliphatic carbocycles. The molecule has 3 aromatic rings. The maximum absolute atomic E-state index is 12.1. The van der Waals surface area contributed by atoms with Crippen molar-refractivity contribution in [1.29, 1.82) is 0 Å². The van der Waals surface area contributed by atoms with Crippen molar-refractivity contribution >= 4 is 17.7 Å². The fourth-order valence-electron chi connectivity index (χ4n) is 2.44. The third-order valence-electron chi connectivity index (χ3n) is 3.83. The van der Waals surface area contributed by atoms with Gasteiger partial charge in [-0.1, -0.05) is 30.0 Å². The Kier molecular flexibility index (Phi) is 6.26. The summed E-state index contributed by atoms with van der Waals surface area (Å²) in [6.07, 6.45) is 3.68. The summed E-state index contributed by atoms with van der Waals surface area (Å²) < 4.78 is 6.70. The number of carbonyl (C=O) groups excluding carboxylic acids is 1. The van der Waals surface area contributed by atoms with Crippen molar-refractivity contribution in [3.05, 3.63) is 54.4 Å². The molecule has 9 heteroatoms. The number of amides is 1. The molecule has 2 aromatic heterocycles. The molecular formula is C18H20N6O2S. The molecule has 0 aliphatic rings. The highest BCUT2D eigenvalue weighted by Gasteiger charge is 2.13. The van der Waals surface area contributed by atoms with Gasteiger partial charge in [0.25, 0.3) is 0 Å². The van der Waals surface area contributed by atoms with Crippen molar-refractivity contribution in [1.82, 2.24) is 25.2 Å². The molecule has 3 N–H and O–H groups in total. The van der Waals surface area contributed by atoms with Crippen LogP contribution >= 0.6 is 11.8 Å². The average molecular weight is 384 g/mol. The number of carbonyl (C=O) groups is 1. The highest BCUT2D eigenvalue weighted by atomic mass is 32.2. The van der Waals surface area contributed by atoms with E-state index in [9.17, 15) is 4.79 Å². The van der Waals surface area contributed by atoms with E-state index >= 15 is 0 Å². The second-order valence-electron chi connectivity index (χ2n) is 5.60. The zero-order valence-corrected chi connectivity index (χ0v) is 15.6. The predicted octanol–water partition coefficient (Wildman–Crippen LogP) is 1.86. The number of ether oxygens (including phenoxy) is 1. The standard InChI is InChI=1S/C18H20N6O2S/c1-26-15-5-3-2-4-14(15)12-21-16(25)8-11-27-18-23-22-17(24(18)19)13-6-9-20-10-7-13/h2-7,9-10H,8,11-12,19H2,1H3,(H,21,25). The van der Waals surface area contributed by atoms with Crippen molar-refractivity contribution in [3.63, 3.8) is 0 Å². The molecule has 0 saturated carbocycles. The maximum Gasteiger partial charge on any atom is 0.221 e. The van der Waals surface area contributed by atoms with Crippen LogP contribution in [0.15, 0.2) is 53.9 Å². The van der Waals surface area contributed by atoms with E-state index in [2.05, 4.69) is 20.5 Å². The van der Waals surface area contributed by atoms with E-state index in [0.717, 1.165) is 16.9 Å². The Morgan fingerprint density at radius 2 is 2.00 bits per heavy atom. The Balaban J connectivity index is 1.49. The first-order chi connectivity index (χ1) is 13.2. The largest absolute Gasteiger partial charge is 0.496 e. The number of para-hydroxylation sites is 1. The number of pyridine rings is 1.